The lowest BCUT2D eigenvalue weighted by atomic mass is 10.1. The lowest BCUT2D eigenvalue weighted by Gasteiger charge is -2.20. The molecular formula is C48H84NO11P. The molecule has 0 spiro atoms. The van der Waals surface area contributed by atoms with Crippen molar-refractivity contribution in [3.8, 4) is 0 Å². The molecule has 0 saturated heterocycles. The van der Waals surface area contributed by atoms with Gasteiger partial charge in [0.15, 0.2) is 6.10 Å². The maximum absolute atomic E-state index is 12.7. The van der Waals surface area contributed by atoms with Gasteiger partial charge in [-0.1, -0.05) is 158 Å². The van der Waals surface area contributed by atoms with Gasteiger partial charge >= 0.3 is 25.7 Å². The molecule has 0 bridgehead atoms. The van der Waals surface area contributed by atoms with Crippen molar-refractivity contribution in [3.63, 3.8) is 0 Å². The highest BCUT2D eigenvalue weighted by Crippen LogP contribution is 2.43. The zero-order chi connectivity index (χ0) is 45.1. The fourth-order valence-electron chi connectivity index (χ4n) is 6.13. The SMILES string of the molecule is CCCCCCCC/C=C\CCCCCCCCCCCC(=O)O[C@H](COC(=O)CCC/C=C\C/C=C\C/C=C\C/C=C\CC(O)CCC)COP(=O)(O)OC[C@H](N)C(=O)O. The summed E-state index contributed by atoms with van der Waals surface area (Å²) >= 11 is 0. The second-order valence-corrected chi connectivity index (χ2v) is 17.2. The number of carbonyl (C=O) groups excluding carboxylic acids is 2. The fourth-order valence-corrected chi connectivity index (χ4v) is 6.90. The molecule has 2 unspecified atom stereocenters. The van der Waals surface area contributed by atoms with E-state index in [1.807, 2.05) is 18.2 Å². The predicted octanol–water partition coefficient (Wildman–Crippen LogP) is 11.7. The number of hydrogen-bond acceptors (Lipinski definition) is 10. The number of aliphatic hydroxyl groups is 1. The Morgan fingerprint density at radius 1 is 0.574 bits per heavy atom. The van der Waals surface area contributed by atoms with Gasteiger partial charge in [-0.2, -0.15) is 0 Å². The number of aliphatic hydroxyl groups excluding tert-OH is 1. The zero-order valence-electron chi connectivity index (χ0n) is 37.9. The number of aliphatic carboxylic acids is 1. The van der Waals surface area contributed by atoms with Crippen LogP contribution in [0.2, 0.25) is 0 Å². The van der Waals surface area contributed by atoms with E-state index < -0.39 is 51.1 Å². The summed E-state index contributed by atoms with van der Waals surface area (Å²) in [5, 5.41) is 18.6. The first-order valence-electron chi connectivity index (χ1n) is 23.4. The van der Waals surface area contributed by atoms with Gasteiger partial charge in [-0.05, 0) is 77.0 Å². The van der Waals surface area contributed by atoms with Gasteiger partial charge in [-0.3, -0.25) is 23.4 Å². The standard InChI is InChI=1S/C48H84NO11P/c1-3-5-6-7-8-9-10-11-12-13-14-15-16-19-23-26-29-32-35-39-47(52)60-44(41-58-61(55,56)59-42-45(49)48(53)54)40-57-46(51)38-34-31-28-25-22-20-17-18-21-24-27-30-33-37-43(50)36-4-2/h11-12,17,20-21,24-25,28,30,33,43-45,50H,3-10,13-16,18-19,22-23,26-27,29,31-32,34-42,49H2,1-2H3,(H,53,54)(H,55,56)/b12-11-,20-17-,24-21-,28-25-,33-30-/t43?,44-,45+/m1/s1. The molecule has 5 N–H and O–H groups in total. The number of rotatable bonds is 43. The van der Waals surface area contributed by atoms with E-state index in [2.05, 4.69) is 60.9 Å². The highest BCUT2D eigenvalue weighted by Gasteiger charge is 2.28. The van der Waals surface area contributed by atoms with E-state index in [0.717, 1.165) is 51.4 Å². The molecule has 0 heterocycles. The number of ether oxygens (including phenoxy) is 2. The van der Waals surface area contributed by atoms with Crippen molar-refractivity contribution in [1.82, 2.24) is 0 Å². The molecular weight excluding hydrogens is 797 g/mol. The fraction of sp³-hybridized carbons (Fsp3) is 0.729. The minimum atomic E-state index is -4.74. The molecule has 4 atom stereocenters. The molecule has 0 amide bonds. The largest absolute Gasteiger partial charge is 0.480 e. The van der Waals surface area contributed by atoms with Crippen molar-refractivity contribution >= 4 is 25.7 Å². The Balaban J connectivity index is 4.42. The van der Waals surface area contributed by atoms with Gasteiger partial charge in [0.2, 0.25) is 0 Å². The molecule has 0 aromatic carbocycles. The predicted molar refractivity (Wildman–Crippen MR) is 246 cm³/mol. The van der Waals surface area contributed by atoms with Gasteiger partial charge in [-0.25, -0.2) is 4.57 Å². The van der Waals surface area contributed by atoms with Crippen molar-refractivity contribution in [3.05, 3.63) is 60.8 Å². The lowest BCUT2D eigenvalue weighted by molar-refractivity contribution is -0.161. The van der Waals surface area contributed by atoms with Crippen LogP contribution in [0.1, 0.15) is 187 Å². The molecule has 0 rings (SSSR count). The third-order valence-corrected chi connectivity index (χ3v) is 10.7. The van der Waals surface area contributed by atoms with Crippen molar-refractivity contribution in [2.45, 2.75) is 205 Å². The summed E-state index contributed by atoms with van der Waals surface area (Å²) in [6, 6.07) is -1.54. The number of unbranched alkanes of at least 4 members (excludes halogenated alkanes) is 16. The summed E-state index contributed by atoms with van der Waals surface area (Å²) in [4.78, 5) is 46.0. The van der Waals surface area contributed by atoms with E-state index in [1.165, 1.54) is 83.5 Å². The second-order valence-electron chi connectivity index (χ2n) is 15.7. The first-order chi connectivity index (χ1) is 29.5. The van der Waals surface area contributed by atoms with E-state index >= 15 is 0 Å². The molecule has 0 aliphatic rings. The number of hydrogen-bond donors (Lipinski definition) is 4. The van der Waals surface area contributed by atoms with Crippen molar-refractivity contribution < 1.29 is 52.6 Å². The summed E-state index contributed by atoms with van der Waals surface area (Å²) in [5.41, 5.74) is 5.33. The van der Waals surface area contributed by atoms with Gasteiger partial charge in [0.1, 0.15) is 12.6 Å². The number of phosphoric ester groups is 1. The smallest absolute Gasteiger partial charge is 0.472 e. The van der Waals surface area contributed by atoms with Crippen molar-refractivity contribution in [2.75, 3.05) is 19.8 Å². The number of esters is 2. The first-order valence-corrected chi connectivity index (χ1v) is 24.9. The molecule has 0 aliphatic carbocycles. The van der Waals surface area contributed by atoms with E-state index in [4.69, 9.17) is 24.8 Å². The molecule has 0 aromatic rings. The van der Waals surface area contributed by atoms with Crippen LogP contribution >= 0.6 is 7.82 Å². The Bertz CT molecular complexity index is 1280. The average Bonchev–Trinajstić information content (AvgIpc) is 3.23. The maximum Gasteiger partial charge on any atom is 0.472 e. The summed E-state index contributed by atoms with van der Waals surface area (Å²) < 4.78 is 32.7. The van der Waals surface area contributed by atoms with Crippen LogP contribution in [-0.2, 0) is 37.5 Å². The third kappa shape index (κ3) is 42.2. The van der Waals surface area contributed by atoms with Crippen LogP contribution in [0.25, 0.3) is 0 Å². The Morgan fingerprint density at radius 2 is 1.03 bits per heavy atom. The third-order valence-electron chi connectivity index (χ3n) is 9.79. The summed E-state index contributed by atoms with van der Waals surface area (Å²) in [5.74, 6) is -2.48. The maximum atomic E-state index is 12.7. The van der Waals surface area contributed by atoms with Crippen LogP contribution in [0.4, 0.5) is 0 Å². The quantitative estimate of drug-likeness (QED) is 0.0196. The lowest BCUT2D eigenvalue weighted by Crippen LogP contribution is -2.34. The summed E-state index contributed by atoms with van der Waals surface area (Å²) in [6.45, 7) is 2.54. The number of nitrogens with two attached hydrogens (primary N) is 1. The Morgan fingerprint density at radius 3 is 1.59 bits per heavy atom. The number of allylic oxidation sites excluding steroid dienone is 9. The normalized spacial score (nSPS) is 14.7. The highest BCUT2D eigenvalue weighted by molar-refractivity contribution is 7.47. The van der Waals surface area contributed by atoms with Crippen LogP contribution in [0.5, 0.6) is 0 Å². The van der Waals surface area contributed by atoms with Crippen LogP contribution in [0, 0.1) is 0 Å². The van der Waals surface area contributed by atoms with E-state index in [9.17, 15) is 28.9 Å². The molecule has 12 nitrogen and oxygen atoms in total. The molecule has 0 aliphatic heterocycles. The van der Waals surface area contributed by atoms with Crippen molar-refractivity contribution in [2.24, 2.45) is 5.73 Å². The molecule has 0 radical (unpaired) electrons. The highest BCUT2D eigenvalue weighted by atomic mass is 31.2. The average molecular weight is 882 g/mol. The van der Waals surface area contributed by atoms with Gasteiger partial charge in [-0.15, -0.1) is 0 Å². The zero-order valence-corrected chi connectivity index (χ0v) is 38.7. The van der Waals surface area contributed by atoms with E-state index in [1.54, 1.807) is 0 Å². The van der Waals surface area contributed by atoms with E-state index in [0.29, 0.717) is 25.7 Å². The van der Waals surface area contributed by atoms with Crippen LogP contribution in [-0.4, -0.2) is 71.1 Å². The number of carboxylic acid groups (broad SMARTS) is 1. The van der Waals surface area contributed by atoms with Gasteiger partial charge in [0.25, 0.3) is 0 Å². The summed E-state index contributed by atoms with van der Waals surface area (Å²) in [6.07, 6.45) is 46.3. The summed E-state index contributed by atoms with van der Waals surface area (Å²) in [7, 11) is -4.74. The topological polar surface area (TPSA) is 192 Å². The van der Waals surface area contributed by atoms with Crippen LogP contribution in [0.15, 0.2) is 60.8 Å². The minimum Gasteiger partial charge on any atom is -0.480 e. The number of carboxylic acids is 1. The molecule has 0 saturated carbocycles. The Labute approximate surface area is 369 Å². The monoisotopic (exact) mass is 882 g/mol. The number of carbonyl (C=O) groups is 3. The van der Waals surface area contributed by atoms with Crippen molar-refractivity contribution in [1.29, 1.82) is 0 Å². The molecule has 0 fully saturated rings. The molecule has 61 heavy (non-hydrogen) atoms. The van der Waals surface area contributed by atoms with Gasteiger partial charge in [0, 0.05) is 12.8 Å². The Kier molecular flexibility index (Phi) is 40.5. The van der Waals surface area contributed by atoms with E-state index in [-0.39, 0.29) is 25.6 Å². The Hall–Kier alpha value is -2.86. The van der Waals surface area contributed by atoms with Gasteiger partial charge < -0.3 is 30.3 Å². The molecule has 0 aromatic heterocycles. The van der Waals surface area contributed by atoms with Crippen LogP contribution in [0.3, 0.4) is 0 Å². The van der Waals surface area contributed by atoms with Crippen LogP contribution < -0.4 is 5.73 Å². The second kappa shape index (κ2) is 42.4. The number of phosphoric acid groups is 1. The first kappa shape index (κ1) is 58.1. The van der Waals surface area contributed by atoms with Gasteiger partial charge in [0.05, 0.1) is 19.3 Å². The molecule has 13 heteroatoms. The molecule has 352 valence electrons. The minimum absolute atomic E-state index is 0.129.